The van der Waals surface area contributed by atoms with Crippen LogP contribution in [0.5, 0.6) is 0 Å². The zero-order valence-electron chi connectivity index (χ0n) is 11.7. The van der Waals surface area contributed by atoms with Crippen LogP contribution < -0.4 is 0 Å². The second-order valence-electron chi connectivity index (χ2n) is 3.77. The first-order valence-electron chi connectivity index (χ1n) is 5.85. The summed E-state index contributed by atoms with van der Waals surface area (Å²) in [5.41, 5.74) is 0. The molecule has 0 amide bonds. The predicted octanol–water partition coefficient (Wildman–Crippen LogP) is 2.33. The molecule has 0 aliphatic rings. The maximum Gasteiger partial charge on any atom is 0.0509 e. The van der Waals surface area contributed by atoms with Crippen molar-refractivity contribution < 1.29 is 57.1 Å². The Hall–Kier alpha value is 1.26. The van der Waals surface area contributed by atoms with Crippen molar-refractivity contribution in [3.8, 4) is 0 Å². The summed E-state index contributed by atoms with van der Waals surface area (Å²) in [6.07, 6.45) is 2.24. The molecule has 16 heavy (non-hydrogen) atoms. The van der Waals surface area contributed by atoms with Crippen LogP contribution in [0.25, 0.3) is 0 Å². The Balaban J connectivity index is -0.0000000655. The van der Waals surface area contributed by atoms with Gasteiger partial charge in [-0.3, -0.25) is 0 Å². The Morgan fingerprint density at radius 2 is 0.688 bits per heavy atom. The van der Waals surface area contributed by atoms with Crippen molar-refractivity contribution in [1.29, 1.82) is 0 Å². The Kier molecular flexibility index (Phi) is 34.9. The molecule has 0 bridgehead atoms. The topological polar surface area (TPSA) is 60.7 Å². The summed E-state index contributed by atoms with van der Waals surface area (Å²) in [6, 6.07) is 0. The van der Waals surface area contributed by atoms with Crippen LogP contribution in [0.1, 0.15) is 60.8 Å². The van der Waals surface area contributed by atoms with E-state index in [0.717, 1.165) is 19.3 Å². The molecule has 0 radical (unpaired) electrons. The van der Waals surface area contributed by atoms with E-state index in [1.807, 2.05) is 20.8 Å². The molecule has 100 valence electrons. The van der Waals surface area contributed by atoms with Crippen LogP contribution in [-0.2, 0) is 0 Å². The molecule has 0 heterocycles. The van der Waals surface area contributed by atoms with E-state index in [1.165, 1.54) is 0 Å². The summed E-state index contributed by atoms with van der Waals surface area (Å²) in [6.45, 7) is 11.2. The normalized spacial score (nSPS) is 14.1. The summed E-state index contributed by atoms with van der Waals surface area (Å²) in [5.74, 6) is 0. The minimum Gasteiger partial charge on any atom is -0.393 e. The summed E-state index contributed by atoms with van der Waals surface area (Å²) in [7, 11) is 0. The van der Waals surface area contributed by atoms with Gasteiger partial charge in [0, 0.05) is 41.7 Å². The fraction of sp³-hybridized carbons (Fsp3) is 1.00. The van der Waals surface area contributed by atoms with E-state index in [0.29, 0.717) is 0 Å². The van der Waals surface area contributed by atoms with Gasteiger partial charge in [-0.05, 0) is 40.0 Å². The summed E-state index contributed by atoms with van der Waals surface area (Å²) in [4.78, 5) is 0. The molecule has 0 aromatic carbocycles. The van der Waals surface area contributed by atoms with Crippen molar-refractivity contribution in [2.45, 2.75) is 79.1 Å². The molecule has 3 nitrogen and oxygen atoms in total. The molecule has 0 aromatic heterocycles. The van der Waals surface area contributed by atoms with E-state index in [1.54, 1.807) is 20.8 Å². The summed E-state index contributed by atoms with van der Waals surface area (Å²) < 4.78 is 0. The molecule has 0 aromatic rings. The first-order valence-corrected chi connectivity index (χ1v) is 5.85. The van der Waals surface area contributed by atoms with E-state index in [9.17, 15) is 0 Å². The van der Waals surface area contributed by atoms with Gasteiger partial charge in [-0.2, -0.15) is 0 Å². The van der Waals surface area contributed by atoms with Gasteiger partial charge in [0.2, 0.25) is 0 Å². The van der Waals surface area contributed by atoms with Crippen molar-refractivity contribution in [2.24, 2.45) is 0 Å². The predicted molar refractivity (Wildman–Crippen MR) is 65.9 cm³/mol. The van der Waals surface area contributed by atoms with Crippen LogP contribution in [0, 0.1) is 41.7 Å². The van der Waals surface area contributed by atoms with Crippen molar-refractivity contribution in [3.05, 3.63) is 0 Å². The van der Waals surface area contributed by atoms with Crippen molar-refractivity contribution in [1.82, 2.24) is 0 Å². The summed E-state index contributed by atoms with van der Waals surface area (Å²) >= 11 is 0. The number of hydrogen-bond acceptors (Lipinski definition) is 3. The summed E-state index contributed by atoms with van der Waals surface area (Å²) in [5, 5.41) is 25.1. The maximum absolute atomic E-state index is 8.36. The van der Waals surface area contributed by atoms with Gasteiger partial charge in [0.15, 0.2) is 0 Å². The largest absolute Gasteiger partial charge is 0.393 e. The molecular formula is C12H30CeO3. The zero-order valence-corrected chi connectivity index (χ0v) is 14.8. The van der Waals surface area contributed by atoms with E-state index in [4.69, 9.17) is 15.3 Å². The number of aliphatic hydroxyl groups excluding tert-OH is 3. The second kappa shape index (κ2) is 21.5. The molecule has 0 rings (SSSR count). The smallest absolute Gasteiger partial charge is 0.0509 e. The van der Waals surface area contributed by atoms with E-state index >= 15 is 0 Å². The molecule has 0 saturated heterocycles. The van der Waals surface area contributed by atoms with Gasteiger partial charge < -0.3 is 15.3 Å². The minimum atomic E-state index is -0.116. The zero-order chi connectivity index (χ0) is 12.9. The molecule has 0 aliphatic heterocycles. The standard InChI is InChI=1S/3C4H10O.Ce/c3*1-3-4(2)5;/h3*4-5H,3H2,1-2H3;. The second-order valence-corrected chi connectivity index (χ2v) is 3.77. The van der Waals surface area contributed by atoms with Gasteiger partial charge >= 0.3 is 0 Å². The average Bonchev–Trinajstić information content (AvgIpc) is 2.19. The van der Waals surface area contributed by atoms with Crippen LogP contribution in [0.2, 0.25) is 0 Å². The van der Waals surface area contributed by atoms with Gasteiger partial charge in [0.25, 0.3) is 0 Å². The molecule has 0 fully saturated rings. The number of rotatable bonds is 3. The Labute approximate surface area is 135 Å². The van der Waals surface area contributed by atoms with Crippen molar-refractivity contribution in [3.63, 3.8) is 0 Å². The molecule has 3 atom stereocenters. The Morgan fingerprint density at radius 1 is 0.625 bits per heavy atom. The fourth-order valence-corrected chi connectivity index (χ4v) is 0. The third kappa shape index (κ3) is 58.9. The van der Waals surface area contributed by atoms with Crippen molar-refractivity contribution in [2.75, 3.05) is 0 Å². The average molecular weight is 362 g/mol. The van der Waals surface area contributed by atoms with Crippen LogP contribution in [0.4, 0.5) is 0 Å². The molecule has 0 saturated carbocycles. The third-order valence-electron chi connectivity index (χ3n) is 1.77. The Morgan fingerprint density at radius 3 is 0.688 bits per heavy atom. The van der Waals surface area contributed by atoms with E-state index < -0.39 is 0 Å². The van der Waals surface area contributed by atoms with Gasteiger partial charge in [-0.15, -0.1) is 0 Å². The molecule has 0 spiro atoms. The van der Waals surface area contributed by atoms with Crippen molar-refractivity contribution >= 4 is 0 Å². The van der Waals surface area contributed by atoms with Crippen LogP contribution in [0.3, 0.4) is 0 Å². The molecule has 0 aliphatic carbocycles. The monoisotopic (exact) mass is 362 g/mol. The van der Waals surface area contributed by atoms with Crippen LogP contribution in [0.15, 0.2) is 0 Å². The van der Waals surface area contributed by atoms with E-state index in [2.05, 4.69) is 0 Å². The Bertz CT molecular complexity index is 77.2. The first kappa shape index (κ1) is 26.0. The molecule has 3 unspecified atom stereocenters. The van der Waals surface area contributed by atoms with Gasteiger partial charge in [-0.25, -0.2) is 0 Å². The fourth-order valence-electron chi connectivity index (χ4n) is 0. The maximum atomic E-state index is 8.36. The van der Waals surface area contributed by atoms with E-state index in [-0.39, 0.29) is 60.1 Å². The van der Waals surface area contributed by atoms with Gasteiger partial charge in [-0.1, -0.05) is 20.8 Å². The molecular weight excluding hydrogens is 332 g/mol. The first-order chi connectivity index (χ1) is 6.81. The van der Waals surface area contributed by atoms with Gasteiger partial charge in [0.1, 0.15) is 0 Å². The SMILES string of the molecule is CCC(C)O.CCC(C)O.CCC(C)O.[Ce]. The van der Waals surface area contributed by atoms with Crippen LogP contribution >= 0.6 is 0 Å². The van der Waals surface area contributed by atoms with Crippen LogP contribution in [-0.4, -0.2) is 33.6 Å². The number of aliphatic hydroxyl groups is 3. The molecule has 3 N–H and O–H groups in total. The molecule has 4 heteroatoms. The number of hydrogen-bond donors (Lipinski definition) is 3. The minimum absolute atomic E-state index is 0. The van der Waals surface area contributed by atoms with Gasteiger partial charge in [0.05, 0.1) is 18.3 Å². The third-order valence-corrected chi connectivity index (χ3v) is 1.77. The quantitative estimate of drug-likeness (QED) is 0.722.